The number of hydrogen-bond donors (Lipinski definition) is 1. The number of rotatable bonds is 10. The molecule has 1 saturated carbocycles. The van der Waals surface area contributed by atoms with Crippen LogP contribution in [0.1, 0.15) is 75.5 Å². The van der Waals surface area contributed by atoms with Crippen molar-refractivity contribution in [1.29, 1.82) is 0 Å². The molecule has 202 valence electrons. The van der Waals surface area contributed by atoms with Gasteiger partial charge in [-0.05, 0) is 89.1 Å². The van der Waals surface area contributed by atoms with E-state index in [0.717, 1.165) is 47.3 Å². The van der Waals surface area contributed by atoms with E-state index in [9.17, 15) is 14.3 Å². The second-order valence-corrected chi connectivity index (χ2v) is 11.7. The molecule has 1 fully saturated rings. The topological polar surface area (TPSA) is 55.8 Å². The van der Waals surface area contributed by atoms with Gasteiger partial charge in [0.25, 0.3) is 0 Å². The molecule has 3 aromatic rings. The van der Waals surface area contributed by atoms with Gasteiger partial charge in [0.1, 0.15) is 23.9 Å². The predicted molar refractivity (Wildman–Crippen MR) is 149 cm³/mol. The van der Waals surface area contributed by atoms with Crippen molar-refractivity contribution in [3.63, 3.8) is 0 Å². The maximum atomic E-state index is 14.8. The van der Waals surface area contributed by atoms with Crippen molar-refractivity contribution in [2.75, 3.05) is 7.11 Å². The van der Waals surface area contributed by atoms with Crippen LogP contribution in [0.3, 0.4) is 0 Å². The Kier molecular flexibility index (Phi) is 8.76. The van der Waals surface area contributed by atoms with Crippen molar-refractivity contribution >= 4 is 5.97 Å². The summed E-state index contributed by atoms with van der Waals surface area (Å²) in [4.78, 5) is 11.6. The maximum Gasteiger partial charge on any atom is 0.303 e. The van der Waals surface area contributed by atoms with Crippen molar-refractivity contribution < 1.29 is 23.8 Å². The number of halogens is 1. The molecule has 1 atom stereocenters. The Balaban J connectivity index is 1.57. The molecule has 1 aliphatic rings. The summed E-state index contributed by atoms with van der Waals surface area (Å²) in [5.74, 6) is 0.756. The third kappa shape index (κ3) is 7.15. The minimum absolute atomic E-state index is 0.00353. The number of ether oxygens (including phenoxy) is 2. The van der Waals surface area contributed by atoms with E-state index in [1.807, 2.05) is 36.4 Å². The fourth-order valence-electron chi connectivity index (χ4n) is 5.66. The highest BCUT2D eigenvalue weighted by Crippen LogP contribution is 2.40. The molecular formula is C33H39FO4. The first-order valence-corrected chi connectivity index (χ1v) is 13.5. The molecule has 4 rings (SSSR count). The highest BCUT2D eigenvalue weighted by Gasteiger charge is 2.28. The Labute approximate surface area is 225 Å². The number of carbonyl (C=O) groups is 1. The van der Waals surface area contributed by atoms with Gasteiger partial charge in [-0.1, -0.05) is 63.9 Å². The first-order valence-electron chi connectivity index (χ1n) is 13.5. The molecule has 0 heterocycles. The minimum atomic E-state index is -0.748. The smallest absolute Gasteiger partial charge is 0.303 e. The second kappa shape index (κ2) is 12.0. The standard InChI is InChI=1S/C33H39FO4/c1-33(2,3)20-25-17-27(12-14-28(25)30-18-26(37-4)13-15-31(30)34)38-21-22-8-7-11-24(16-22)29(19-32(35)36)23-9-5-6-10-23/h7-8,11-18,23,29H,5-6,9-10,19-21H2,1-4H3,(H,35,36). The highest BCUT2D eigenvalue weighted by molar-refractivity contribution is 5.70. The molecule has 3 aromatic carbocycles. The molecular weight excluding hydrogens is 479 g/mol. The van der Waals surface area contributed by atoms with Crippen molar-refractivity contribution in [2.24, 2.45) is 11.3 Å². The molecule has 0 spiro atoms. The number of methoxy groups -OCH3 is 1. The SMILES string of the molecule is COc1ccc(F)c(-c2ccc(OCc3cccc(C(CC(=O)O)C4CCCC4)c3)cc2CC(C)(C)C)c1. The Morgan fingerprint density at radius 2 is 1.74 bits per heavy atom. The Morgan fingerprint density at radius 1 is 1.00 bits per heavy atom. The molecule has 0 radical (unpaired) electrons. The highest BCUT2D eigenvalue weighted by atomic mass is 19.1. The van der Waals surface area contributed by atoms with Crippen LogP contribution in [0.15, 0.2) is 60.7 Å². The maximum absolute atomic E-state index is 14.8. The fourth-order valence-corrected chi connectivity index (χ4v) is 5.66. The first kappa shape index (κ1) is 27.7. The molecule has 0 bridgehead atoms. The molecule has 0 amide bonds. The lowest BCUT2D eigenvalue weighted by Gasteiger charge is -2.23. The van der Waals surface area contributed by atoms with E-state index >= 15 is 0 Å². The molecule has 5 heteroatoms. The van der Waals surface area contributed by atoms with Crippen LogP contribution in [-0.2, 0) is 17.8 Å². The lowest BCUT2D eigenvalue weighted by Crippen LogP contribution is -2.15. The van der Waals surface area contributed by atoms with Crippen LogP contribution in [0.5, 0.6) is 11.5 Å². The quantitative estimate of drug-likeness (QED) is 0.293. The van der Waals surface area contributed by atoms with Gasteiger partial charge in [-0.15, -0.1) is 0 Å². The first-order chi connectivity index (χ1) is 18.1. The average molecular weight is 519 g/mol. The van der Waals surface area contributed by atoms with Crippen molar-refractivity contribution in [3.05, 3.63) is 83.2 Å². The number of carboxylic acids is 1. The molecule has 38 heavy (non-hydrogen) atoms. The summed E-state index contributed by atoms with van der Waals surface area (Å²) < 4.78 is 26.4. The summed E-state index contributed by atoms with van der Waals surface area (Å²) >= 11 is 0. The van der Waals surface area contributed by atoms with Crippen LogP contribution >= 0.6 is 0 Å². The van der Waals surface area contributed by atoms with Gasteiger partial charge in [0.2, 0.25) is 0 Å². The minimum Gasteiger partial charge on any atom is -0.497 e. The third-order valence-electron chi connectivity index (χ3n) is 7.41. The van der Waals surface area contributed by atoms with Crippen LogP contribution in [0.25, 0.3) is 11.1 Å². The van der Waals surface area contributed by atoms with Gasteiger partial charge in [0, 0.05) is 5.56 Å². The van der Waals surface area contributed by atoms with E-state index in [2.05, 4.69) is 26.8 Å². The molecule has 4 nitrogen and oxygen atoms in total. The summed E-state index contributed by atoms with van der Waals surface area (Å²) in [6.07, 6.45) is 5.45. The fraction of sp³-hybridized carbons (Fsp3) is 0.424. The monoisotopic (exact) mass is 518 g/mol. The molecule has 0 aliphatic heterocycles. The summed E-state index contributed by atoms with van der Waals surface area (Å²) in [5, 5.41) is 9.53. The molecule has 1 N–H and O–H groups in total. The van der Waals surface area contributed by atoms with E-state index in [1.54, 1.807) is 19.2 Å². The zero-order chi connectivity index (χ0) is 27.3. The van der Waals surface area contributed by atoms with Crippen molar-refractivity contribution in [2.45, 2.75) is 71.8 Å². The zero-order valence-electron chi connectivity index (χ0n) is 22.9. The zero-order valence-corrected chi connectivity index (χ0v) is 22.9. The van der Waals surface area contributed by atoms with Crippen LogP contribution in [0.4, 0.5) is 4.39 Å². The van der Waals surface area contributed by atoms with E-state index in [4.69, 9.17) is 9.47 Å². The van der Waals surface area contributed by atoms with Crippen LogP contribution < -0.4 is 9.47 Å². The van der Waals surface area contributed by atoms with Gasteiger partial charge >= 0.3 is 5.97 Å². The number of hydrogen-bond acceptors (Lipinski definition) is 3. The van der Waals surface area contributed by atoms with Crippen molar-refractivity contribution in [1.82, 2.24) is 0 Å². The largest absolute Gasteiger partial charge is 0.497 e. The van der Waals surface area contributed by atoms with Crippen molar-refractivity contribution in [3.8, 4) is 22.6 Å². The van der Waals surface area contributed by atoms with E-state index in [0.29, 0.717) is 23.8 Å². The number of carboxylic acid groups (broad SMARTS) is 1. The average Bonchev–Trinajstić information content (AvgIpc) is 3.41. The van der Waals surface area contributed by atoms with E-state index in [1.165, 1.54) is 18.9 Å². The van der Waals surface area contributed by atoms with Crippen LogP contribution in [0, 0.1) is 17.2 Å². The van der Waals surface area contributed by atoms with E-state index < -0.39 is 5.97 Å². The van der Waals surface area contributed by atoms with Gasteiger partial charge < -0.3 is 14.6 Å². The summed E-state index contributed by atoms with van der Waals surface area (Å²) in [6, 6.07) is 18.8. The summed E-state index contributed by atoms with van der Waals surface area (Å²) in [6.45, 7) is 6.86. The van der Waals surface area contributed by atoms with Gasteiger partial charge in [0.05, 0.1) is 13.5 Å². The van der Waals surface area contributed by atoms with Gasteiger partial charge in [-0.25, -0.2) is 4.39 Å². The predicted octanol–water partition coefficient (Wildman–Crippen LogP) is 8.42. The lowest BCUT2D eigenvalue weighted by molar-refractivity contribution is -0.137. The van der Waals surface area contributed by atoms with E-state index in [-0.39, 0.29) is 23.6 Å². The van der Waals surface area contributed by atoms with Gasteiger partial charge in [-0.2, -0.15) is 0 Å². The normalized spacial score (nSPS) is 14.9. The van der Waals surface area contributed by atoms with Gasteiger partial charge in [-0.3, -0.25) is 4.79 Å². The Bertz CT molecular complexity index is 1250. The lowest BCUT2D eigenvalue weighted by atomic mass is 9.82. The molecule has 0 aromatic heterocycles. The van der Waals surface area contributed by atoms with Gasteiger partial charge in [0.15, 0.2) is 0 Å². The Morgan fingerprint density at radius 3 is 2.42 bits per heavy atom. The summed E-state index contributed by atoms with van der Waals surface area (Å²) in [7, 11) is 1.58. The molecule has 0 saturated heterocycles. The molecule has 1 aliphatic carbocycles. The second-order valence-electron chi connectivity index (χ2n) is 11.7. The van der Waals surface area contributed by atoms with Crippen LogP contribution in [0.2, 0.25) is 0 Å². The number of benzene rings is 3. The third-order valence-corrected chi connectivity index (χ3v) is 7.41. The molecule has 1 unspecified atom stereocenters. The van der Waals surface area contributed by atoms with Crippen LogP contribution in [-0.4, -0.2) is 18.2 Å². The summed E-state index contributed by atoms with van der Waals surface area (Å²) in [5.41, 5.74) is 4.45. The Hall–Kier alpha value is -3.34. The number of aliphatic carboxylic acids is 1.